The van der Waals surface area contributed by atoms with E-state index in [1.807, 2.05) is 0 Å². The standard InChI is InChI=1S/C41H34/c1-27-13-15-30(16-14-27)39-35-11-7-8-12-36(35)40(33-18-17-28-9-5-6-10-31(28)25-33)37-24-21-32(26-38(37)39)29-19-22-34(23-20-29)41(2,3)4/h5-26H,1-4H3. The fraction of sp³-hybridized carbons (Fsp3) is 0.122. The van der Waals surface area contributed by atoms with Gasteiger partial charge in [0.05, 0.1) is 0 Å². The second-order valence-corrected chi connectivity index (χ2v) is 12.3. The molecule has 7 aromatic rings. The summed E-state index contributed by atoms with van der Waals surface area (Å²) in [5.41, 5.74) is 10.3. The van der Waals surface area contributed by atoms with Crippen molar-refractivity contribution < 1.29 is 0 Å². The van der Waals surface area contributed by atoms with Crippen LogP contribution in [0.2, 0.25) is 0 Å². The molecular weight excluding hydrogens is 492 g/mol. The minimum Gasteiger partial charge on any atom is -0.0616 e. The Hall–Kier alpha value is -4.68. The van der Waals surface area contributed by atoms with Gasteiger partial charge in [0.25, 0.3) is 0 Å². The van der Waals surface area contributed by atoms with Crippen LogP contribution in [-0.4, -0.2) is 0 Å². The maximum atomic E-state index is 2.41. The zero-order chi connectivity index (χ0) is 28.1. The van der Waals surface area contributed by atoms with Gasteiger partial charge >= 0.3 is 0 Å². The molecule has 0 nitrogen and oxygen atoms in total. The second kappa shape index (κ2) is 9.75. The molecule has 0 saturated heterocycles. The van der Waals surface area contributed by atoms with E-state index < -0.39 is 0 Å². The minimum absolute atomic E-state index is 0.133. The first-order valence-electron chi connectivity index (χ1n) is 14.5. The van der Waals surface area contributed by atoms with Crippen molar-refractivity contribution in [3.8, 4) is 33.4 Å². The largest absolute Gasteiger partial charge is 0.0616 e. The molecule has 0 radical (unpaired) electrons. The van der Waals surface area contributed by atoms with E-state index in [1.165, 1.54) is 76.8 Å². The van der Waals surface area contributed by atoms with Crippen molar-refractivity contribution in [3.05, 3.63) is 145 Å². The number of hydrogen-bond acceptors (Lipinski definition) is 0. The highest BCUT2D eigenvalue weighted by Crippen LogP contribution is 2.45. The van der Waals surface area contributed by atoms with E-state index >= 15 is 0 Å². The molecule has 0 atom stereocenters. The van der Waals surface area contributed by atoms with E-state index in [2.05, 4.69) is 161 Å². The van der Waals surface area contributed by atoms with Crippen molar-refractivity contribution in [1.82, 2.24) is 0 Å². The zero-order valence-electron chi connectivity index (χ0n) is 24.2. The number of hydrogen-bond donors (Lipinski definition) is 0. The smallest absolute Gasteiger partial charge is 0.00261 e. The number of fused-ring (bicyclic) bond motifs is 3. The molecule has 7 rings (SSSR count). The SMILES string of the molecule is Cc1ccc(-c2c3ccccc3c(-c3ccc4ccccc4c3)c3ccc(-c4ccc(C(C)(C)C)cc4)cc23)cc1. The van der Waals surface area contributed by atoms with Gasteiger partial charge in [-0.3, -0.25) is 0 Å². The van der Waals surface area contributed by atoms with Crippen LogP contribution >= 0.6 is 0 Å². The maximum Gasteiger partial charge on any atom is -0.00261 e. The molecule has 0 heterocycles. The zero-order valence-corrected chi connectivity index (χ0v) is 24.2. The van der Waals surface area contributed by atoms with Gasteiger partial charge in [-0.25, -0.2) is 0 Å². The first-order valence-corrected chi connectivity index (χ1v) is 14.5. The van der Waals surface area contributed by atoms with Crippen LogP contribution in [0.1, 0.15) is 31.9 Å². The van der Waals surface area contributed by atoms with E-state index in [9.17, 15) is 0 Å². The van der Waals surface area contributed by atoms with E-state index in [0.717, 1.165) is 0 Å². The van der Waals surface area contributed by atoms with Gasteiger partial charge in [0.15, 0.2) is 0 Å². The summed E-state index contributed by atoms with van der Waals surface area (Å²) in [6, 6.07) is 49.6. The third kappa shape index (κ3) is 4.50. The van der Waals surface area contributed by atoms with Gasteiger partial charge in [0.2, 0.25) is 0 Å². The first-order chi connectivity index (χ1) is 19.9. The summed E-state index contributed by atoms with van der Waals surface area (Å²) >= 11 is 0. The van der Waals surface area contributed by atoms with Gasteiger partial charge in [0, 0.05) is 0 Å². The molecule has 0 unspecified atom stereocenters. The van der Waals surface area contributed by atoms with Crippen molar-refractivity contribution >= 4 is 32.3 Å². The Morgan fingerprint density at radius 3 is 1.61 bits per heavy atom. The van der Waals surface area contributed by atoms with Crippen molar-refractivity contribution in [2.75, 3.05) is 0 Å². The molecule has 0 aliphatic heterocycles. The Kier molecular flexibility index (Phi) is 6.02. The summed E-state index contributed by atoms with van der Waals surface area (Å²) < 4.78 is 0. The lowest BCUT2D eigenvalue weighted by Gasteiger charge is -2.20. The quantitative estimate of drug-likeness (QED) is 0.201. The summed E-state index contributed by atoms with van der Waals surface area (Å²) in [4.78, 5) is 0. The first kappa shape index (κ1) is 25.3. The van der Waals surface area contributed by atoms with Crippen molar-refractivity contribution in [1.29, 1.82) is 0 Å². The monoisotopic (exact) mass is 526 g/mol. The molecule has 7 aromatic carbocycles. The molecule has 0 N–H and O–H groups in total. The van der Waals surface area contributed by atoms with Crippen LogP contribution in [0.25, 0.3) is 65.7 Å². The van der Waals surface area contributed by atoms with Crippen LogP contribution in [-0.2, 0) is 5.41 Å². The third-order valence-electron chi connectivity index (χ3n) is 8.49. The molecule has 0 fully saturated rings. The molecule has 41 heavy (non-hydrogen) atoms. The van der Waals surface area contributed by atoms with Gasteiger partial charge in [-0.2, -0.15) is 0 Å². The normalized spacial score (nSPS) is 11.9. The lowest BCUT2D eigenvalue weighted by Crippen LogP contribution is -2.10. The maximum absolute atomic E-state index is 2.41. The van der Waals surface area contributed by atoms with E-state index in [0.29, 0.717) is 0 Å². The van der Waals surface area contributed by atoms with Crippen LogP contribution in [0.3, 0.4) is 0 Å². The Labute approximate surface area is 242 Å². The fourth-order valence-electron chi connectivity index (χ4n) is 6.21. The molecular formula is C41H34. The van der Waals surface area contributed by atoms with E-state index in [1.54, 1.807) is 0 Å². The topological polar surface area (TPSA) is 0 Å². The molecule has 0 amide bonds. The summed E-state index contributed by atoms with van der Waals surface area (Å²) in [7, 11) is 0. The van der Waals surface area contributed by atoms with Gasteiger partial charge in [-0.05, 0) is 95.7 Å². The highest BCUT2D eigenvalue weighted by Gasteiger charge is 2.18. The van der Waals surface area contributed by atoms with Gasteiger partial charge < -0.3 is 0 Å². The van der Waals surface area contributed by atoms with Crippen LogP contribution in [0.4, 0.5) is 0 Å². The molecule has 0 aliphatic carbocycles. The lowest BCUT2D eigenvalue weighted by atomic mass is 9.84. The molecule has 0 aromatic heterocycles. The molecule has 0 aliphatic rings. The highest BCUT2D eigenvalue weighted by atomic mass is 14.2. The van der Waals surface area contributed by atoms with E-state index in [4.69, 9.17) is 0 Å². The van der Waals surface area contributed by atoms with Crippen LogP contribution in [0.15, 0.2) is 133 Å². The number of rotatable bonds is 3. The Balaban J connectivity index is 1.55. The number of benzene rings is 7. The van der Waals surface area contributed by atoms with Gasteiger partial charge in [-0.1, -0.05) is 148 Å². The van der Waals surface area contributed by atoms with Crippen LogP contribution in [0.5, 0.6) is 0 Å². The second-order valence-electron chi connectivity index (χ2n) is 12.3. The fourth-order valence-corrected chi connectivity index (χ4v) is 6.21. The lowest BCUT2D eigenvalue weighted by molar-refractivity contribution is 0.590. The molecule has 0 heteroatoms. The molecule has 198 valence electrons. The predicted octanol–water partition coefficient (Wildman–Crippen LogP) is 11.8. The minimum atomic E-state index is 0.133. The van der Waals surface area contributed by atoms with Gasteiger partial charge in [-0.15, -0.1) is 0 Å². The highest BCUT2D eigenvalue weighted by molar-refractivity contribution is 6.22. The average molecular weight is 527 g/mol. The summed E-state index contributed by atoms with van der Waals surface area (Å²) in [5, 5.41) is 7.67. The predicted molar refractivity (Wildman–Crippen MR) is 179 cm³/mol. The molecule has 0 bridgehead atoms. The summed E-state index contributed by atoms with van der Waals surface area (Å²) in [6.45, 7) is 8.96. The summed E-state index contributed by atoms with van der Waals surface area (Å²) in [5.74, 6) is 0. The Bertz CT molecular complexity index is 2050. The van der Waals surface area contributed by atoms with E-state index in [-0.39, 0.29) is 5.41 Å². The van der Waals surface area contributed by atoms with Crippen LogP contribution in [0, 0.1) is 6.92 Å². The third-order valence-corrected chi connectivity index (χ3v) is 8.49. The average Bonchev–Trinajstić information content (AvgIpc) is 2.99. The van der Waals surface area contributed by atoms with Crippen LogP contribution < -0.4 is 0 Å². The molecule has 0 saturated carbocycles. The Morgan fingerprint density at radius 2 is 0.927 bits per heavy atom. The summed E-state index contributed by atoms with van der Waals surface area (Å²) in [6.07, 6.45) is 0. The van der Waals surface area contributed by atoms with Gasteiger partial charge in [0.1, 0.15) is 0 Å². The van der Waals surface area contributed by atoms with Crippen molar-refractivity contribution in [2.45, 2.75) is 33.1 Å². The van der Waals surface area contributed by atoms with Crippen molar-refractivity contribution in [2.24, 2.45) is 0 Å². The Morgan fingerprint density at radius 1 is 0.390 bits per heavy atom. The molecule has 0 spiro atoms. The number of aryl methyl sites for hydroxylation is 1. The van der Waals surface area contributed by atoms with Crippen molar-refractivity contribution in [3.63, 3.8) is 0 Å².